The van der Waals surface area contributed by atoms with Gasteiger partial charge in [0.15, 0.2) is 0 Å². The standard InChI is InChI=1S/C11H18O/c1-2-4-10-9-6-3-5-8(9)7-11(10)12/h2,4,8-12H,3,5-7H2,1H3/b4-2+. The second kappa shape index (κ2) is 3.21. The molecule has 0 heterocycles. The summed E-state index contributed by atoms with van der Waals surface area (Å²) in [5.74, 6) is 2.11. The minimum Gasteiger partial charge on any atom is -0.392 e. The summed E-state index contributed by atoms with van der Waals surface area (Å²) in [6.07, 6.45) is 9.40. The van der Waals surface area contributed by atoms with Gasteiger partial charge in [-0.25, -0.2) is 0 Å². The number of rotatable bonds is 1. The third-order valence-electron chi connectivity index (χ3n) is 3.62. The Labute approximate surface area is 74.5 Å². The molecule has 2 aliphatic rings. The molecule has 2 saturated carbocycles. The number of aliphatic hydroxyl groups is 1. The highest BCUT2D eigenvalue weighted by atomic mass is 16.3. The quantitative estimate of drug-likeness (QED) is 0.593. The van der Waals surface area contributed by atoms with Gasteiger partial charge in [0.05, 0.1) is 6.10 Å². The van der Waals surface area contributed by atoms with Crippen molar-refractivity contribution in [1.29, 1.82) is 0 Å². The van der Waals surface area contributed by atoms with Crippen LogP contribution in [0, 0.1) is 17.8 Å². The molecular weight excluding hydrogens is 148 g/mol. The van der Waals surface area contributed by atoms with Crippen LogP contribution in [-0.2, 0) is 0 Å². The molecule has 68 valence electrons. The van der Waals surface area contributed by atoms with Gasteiger partial charge in [-0.15, -0.1) is 0 Å². The topological polar surface area (TPSA) is 20.2 Å². The van der Waals surface area contributed by atoms with Crippen LogP contribution in [0.5, 0.6) is 0 Å². The molecule has 0 aromatic carbocycles. The monoisotopic (exact) mass is 166 g/mol. The van der Waals surface area contributed by atoms with Gasteiger partial charge in [-0.2, -0.15) is 0 Å². The summed E-state index contributed by atoms with van der Waals surface area (Å²) in [6, 6.07) is 0. The lowest BCUT2D eigenvalue weighted by molar-refractivity contribution is 0.138. The van der Waals surface area contributed by atoms with Crippen LogP contribution < -0.4 is 0 Å². The van der Waals surface area contributed by atoms with Crippen LogP contribution in [0.25, 0.3) is 0 Å². The van der Waals surface area contributed by atoms with Gasteiger partial charge in [-0.3, -0.25) is 0 Å². The molecule has 1 nitrogen and oxygen atoms in total. The van der Waals surface area contributed by atoms with E-state index in [0.29, 0.717) is 5.92 Å². The van der Waals surface area contributed by atoms with Gasteiger partial charge in [0.25, 0.3) is 0 Å². The molecule has 0 amide bonds. The van der Waals surface area contributed by atoms with Crippen LogP contribution in [0.3, 0.4) is 0 Å². The summed E-state index contributed by atoms with van der Waals surface area (Å²) in [4.78, 5) is 0. The fourth-order valence-corrected chi connectivity index (χ4v) is 3.11. The molecule has 0 saturated heterocycles. The van der Waals surface area contributed by atoms with Gasteiger partial charge >= 0.3 is 0 Å². The zero-order valence-corrected chi connectivity index (χ0v) is 7.74. The van der Waals surface area contributed by atoms with E-state index in [-0.39, 0.29) is 6.10 Å². The first-order valence-corrected chi connectivity index (χ1v) is 5.14. The number of hydrogen-bond acceptors (Lipinski definition) is 1. The second-order valence-corrected chi connectivity index (χ2v) is 4.26. The molecule has 0 bridgehead atoms. The summed E-state index contributed by atoms with van der Waals surface area (Å²) in [5, 5.41) is 9.77. The van der Waals surface area contributed by atoms with Crippen LogP contribution in [0.4, 0.5) is 0 Å². The van der Waals surface area contributed by atoms with Gasteiger partial charge in [-0.05, 0) is 31.6 Å². The minimum atomic E-state index is -0.0449. The Morgan fingerprint density at radius 2 is 2.17 bits per heavy atom. The van der Waals surface area contributed by atoms with Crippen LogP contribution in [0.1, 0.15) is 32.6 Å². The average Bonchev–Trinajstić information content (AvgIpc) is 2.56. The Morgan fingerprint density at radius 1 is 1.33 bits per heavy atom. The first kappa shape index (κ1) is 8.31. The smallest absolute Gasteiger partial charge is 0.0608 e. The summed E-state index contributed by atoms with van der Waals surface area (Å²) in [6.45, 7) is 2.05. The summed E-state index contributed by atoms with van der Waals surface area (Å²) in [5.41, 5.74) is 0. The highest BCUT2D eigenvalue weighted by Crippen LogP contribution is 2.48. The summed E-state index contributed by atoms with van der Waals surface area (Å²) >= 11 is 0. The zero-order chi connectivity index (χ0) is 8.55. The highest BCUT2D eigenvalue weighted by molar-refractivity contribution is 5.03. The molecule has 0 radical (unpaired) electrons. The van der Waals surface area contributed by atoms with Crippen molar-refractivity contribution < 1.29 is 5.11 Å². The number of hydrogen-bond donors (Lipinski definition) is 1. The largest absolute Gasteiger partial charge is 0.392 e. The molecule has 0 aromatic rings. The molecule has 2 aliphatic carbocycles. The molecule has 12 heavy (non-hydrogen) atoms. The molecule has 4 atom stereocenters. The Morgan fingerprint density at radius 3 is 2.92 bits per heavy atom. The third-order valence-corrected chi connectivity index (χ3v) is 3.62. The van der Waals surface area contributed by atoms with E-state index in [1.165, 1.54) is 19.3 Å². The average molecular weight is 166 g/mol. The second-order valence-electron chi connectivity index (χ2n) is 4.26. The molecule has 0 aromatic heterocycles. The normalized spacial score (nSPS) is 47.2. The lowest BCUT2D eigenvalue weighted by atomic mass is 9.91. The van der Waals surface area contributed by atoms with Gasteiger partial charge in [0.1, 0.15) is 0 Å². The lowest BCUT2D eigenvalue weighted by Gasteiger charge is -2.16. The molecule has 0 aliphatic heterocycles. The predicted molar refractivity (Wildman–Crippen MR) is 49.8 cm³/mol. The molecule has 2 rings (SSSR count). The van der Waals surface area contributed by atoms with Crippen molar-refractivity contribution in [1.82, 2.24) is 0 Å². The van der Waals surface area contributed by atoms with E-state index in [1.54, 1.807) is 0 Å². The number of allylic oxidation sites excluding steroid dienone is 1. The Kier molecular flexibility index (Phi) is 2.22. The molecule has 1 heteroatoms. The number of fused-ring (bicyclic) bond motifs is 1. The van der Waals surface area contributed by atoms with Crippen molar-refractivity contribution >= 4 is 0 Å². The van der Waals surface area contributed by atoms with Crippen molar-refractivity contribution in [3.63, 3.8) is 0 Å². The van der Waals surface area contributed by atoms with Crippen LogP contribution in [0.2, 0.25) is 0 Å². The Hall–Kier alpha value is -0.300. The fourth-order valence-electron chi connectivity index (χ4n) is 3.11. The maximum atomic E-state index is 9.77. The van der Waals surface area contributed by atoms with Crippen LogP contribution >= 0.6 is 0 Å². The van der Waals surface area contributed by atoms with Crippen molar-refractivity contribution in [3.05, 3.63) is 12.2 Å². The predicted octanol–water partition coefficient (Wildman–Crippen LogP) is 2.36. The Bertz CT molecular complexity index is 185. The van der Waals surface area contributed by atoms with E-state index in [4.69, 9.17) is 0 Å². The van der Waals surface area contributed by atoms with E-state index in [9.17, 15) is 5.11 Å². The van der Waals surface area contributed by atoms with Gasteiger partial charge in [-0.1, -0.05) is 25.0 Å². The first-order chi connectivity index (χ1) is 5.83. The zero-order valence-electron chi connectivity index (χ0n) is 7.74. The van der Waals surface area contributed by atoms with Crippen molar-refractivity contribution in [3.8, 4) is 0 Å². The summed E-state index contributed by atoms with van der Waals surface area (Å²) in [7, 11) is 0. The number of aliphatic hydroxyl groups excluding tert-OH is 1. The van der Waals surface area contributed by atoms with Gasteiger partial charge in [0, 0.05) is 5.92 Å². The third kappa shape index (κ3) is 1.20. The first-order valence-electron chi connectivity index (χ1n) is 5.14. The molecule has 2 fully saturated rings. The van der Waals surface area contributed by atoms with Gasteiger partial charge < -0.3 is 5.11 Å². The molecule has 0 spiro atoms. The highest BCUT2D eigenvalue weighted by Gasteiger charge is 2.42. The van der Waals surface area contributed by atoms with Crippen molar-refractivity contribution in [2.24, 2.45) is 17.8 Å². The van der Waals surface area contributed by atoms with Gasteiger partial charge in [0.2, 0.25) is 0 Å². The van der Waals surface area contributed by atoms with E-state index in [2.05, 4.69) is 19.1 Å². The van der Waals surface area contributed by atoms with Crippen LogP contribution in [-0.4, -0.2) is 11.2 Å². The van der Waals surface area contributed by atoms with E-state index in [0.717, 1.165) is 18.3 Å². The van der Waals surface area contributed by atoms with Crippen LogP contribution in [0.15, 0.2) is 12.2 Å². The van der Waals surface area contributed by atoms with E-state index in [1.807, 2.05) is 0 Å². The molecule has 4 unspecified atom stereocenters. The molecular formula is C11H18O. The Balaban J connectivity index is 2.10. The molecule has 1 N–H and O–H groups in total. The lowest BCUT2D eigenvalue weighted by Crippen LogP contribution is -2.16. The fraction of sp³-hybridized carbons (Fsp3) is 0.818. The van der Waals surface area contributed by atoms with Crippen molar-refractivity contribution in [2.75, 3.05) is 0 Å². The SMILES string of the molecule is C/C=C/C1C(O)CC2CCCC21. The summed E-state index contributed by atoms with van der Waals surface area (Å²) < 4.78 is 0. The minimum absolute atomic E-state index is 0.0449. The van der Waals surface area contributed by atoms with E-state index >= 15 is 0 Å². The van der Waals surface area contributed by atoms with E-state index < -0.39 is 0 Å². The van der Waals surface area contributed by atoms with Crippen molar-refractivity contribution in [2.45, 2.75) is 38.7 Å². The maximum absolute atomic E-state index is 9.77. The maximum Gasteiger partial charge on any atom is 0.0608 e.